The molecule has 4 atom stereocenters. The van der Waals surface area contributed by atoms with E-state index in [0.29, 0.717) is 37.4 Å². The van der Waals surface area contributed by atoms with Gasteiger partial charge in [0.1, 0.15) is 17.7 Å². The smallest absolute Gasteiger partial charge is 0.180 e. The maximum atomic E-state index is 14.2. The van der Waals surface area contributed by atoms with Gasteiger partial charge in [-0.3, -0.25) is 4.90 Å². The van der Waals surface area contributed by atoms with Crippen LogP contribution in [0.5, 0.6) is 0 Å². The Morgan fingerprint density at radius 3 is 2.48 bits per heavy atom. The molecule has 2 heterocycles. The molecule has 2 aromatic carbocycles. The molecule has 0 amide bonds. The number of nitrogens with two attached hydrogens (primary N) is 1. The van der Waals surface area contributed by atoms with Gasteiger partial charge in [0, 0.05) is 30.7 Å². The molecule has 2 aromatic rings. The number of hydrogen-bond acceptors (Lipinski definition) is 5. The van der Waals surface area contributed by atoms with Gasteiger partial charge in [0.2, 0.25) is 0 Å². The Bertz CT molecular complexity index is 1090. The van der Waals surface area contributed by atoms with Crippen molar-refractivity contribution < 1.29 is 21.9 Å². The van der Waals surface area contributed by atoms with E-state index in [0.717, 1.165) is 29.3 Å². The first-order chi connectivity index (χ1) is 14.7. The summed E-state index contributed by atoms with van der Waals surface area (Å²) in [5.74, 6) is -1.05. The van der Waals surface area contributed by atoms with Gasteiger partial charge in [-0.05, 0) is 61.2 Å². The highest BCUT2D eigenvalue weighted by molar-refractivity contribution is 7.92. The highest BCUT2D eigenvalue weighted by Crippen LogP contribution is 2.35. The van der Waals surface area contributed by atoms with Crippen LogP contribution in [-0.2, 0) is 27.7 Å². The molecule has 5 nitrogen and oxygen atoms in total. The summed E-state index contributed by atoms with van der Waals surface area (Å²) >= 11 is 0. The minimum absolute atomic E-state index is 0. The second-order valence-electron chi connectivity index (χ2n) is 8.57. The molecule has 2 N–H and O–H groups in total. The van der Waals surface area contributed by atoms with E-state index in [1.165, 1.54) is 0 Å². The number of halogens is 4. The van der Waals surface area contributed by atoms with Crippen molar-refractivity contribution in [1.82, 2.24) is 4.90 Å². The van der Waals surface area contributed by atoms with Crippen LogP contribution in [0.2, 0.25) is 0 Å². The van der Waals surface area contributed by atoms with Crippen molar-refractivity contribution in [1.29, 1.82) is 0 Å². The van der Waals surface area contributed by atoms with Gasteiger partial charge < -0.3 is 10.5 Å². The minimum Gasteiger partial charge on any atom is -0.370 e. The molecule has 4 rings (SSSR count). The van der Waals surface area contributed by atoms with E-state index in [9.17, 15) is 17.2 Å². The maximum Gasteiger partial charge on any atom is 0.180 e. The normalized spacial score (nSPS) is 23.8. The second-order valence-corrected chi connectivity index (χ2v) is 10.9. The molecule has 0 radical (unpaired) electrons. The SMILES string of the molecule is CCC(C)S(=O)(=O)c1ccc2c(c1)CN([C@H]1CO[C@H](c3cc(F)ccc3F)[C@@H](N)C1)C2.Cl.Cl. The summed E-state index contributed by atoms with van der Waals surface area (Å²) in [6, 6.07) is 8.22. The van der Waals surface area contributed by atoms with E-state index in [1.807, 2.05) is 13.0 Å². The Kier molecular flexibility index (Phi) is 9.29. The third-order valence-electron chi connectivity index (χ3n) is 6.54. The summed E-state index contributed by atoms with van der Waals surface area (Å²) in [4.78, 5) is 2.57. The quantitative estimate of drug-likeness (QED) is 0.623. The van der Waals surface area contributed by atoms with Gasteiger partial charge in [-0.1, -0.05) is 13.0 Å². The third-order valence-corrected chi connectivity index (χ3v) is 8.84. The predicted molar refractivity (Wildman–Crippen MR) is 129 cm³/mol. The molecule has 0 bridgehead atoms. The zero-order valence-electron chi connectivity index (χ0n) is 18.5. The van der Waals surface area contributed by atoms with E-state index in [-0.39, 0.29) is 36.4 Å². The molecular weight excluding hydrogens is 493 g/mol. The van der Waals surface area contributed by atoms with E-state index in [4.69, 9.17) is 10.5 Å². The van der Waals surface area contributed by atoms with E-state index in [1.54, 1.807) is 19.1 Å². The topological polar surface area (TPSA) is 72.6 Å². The van der Waals surface area contributed by atoms with Crippen molar-refractivity contribution in [3.05, 3.63) is 64.7 Å². The van der Waals surface area contributed by atoms with Crippen LogP contribution in [0.25, 0.3) is 0 Å². The van der Waals surface area contributed by atoms with Crippen LogP contribution in [0.15, 0.2) is 41.3 Å². The molecule has 1 unspecified atom stereocenters. The van der Waals surface area contributed by atoms with Crippen LogP contribution in [0.3, 0.4) is 0 Å². The summed E-state index contributed by atoms with van der Waals surface area (Å²) in [5.41, 5.74) is 8.54. The monoisotopic (exact) mass is 522 g/mol. The zero-order valence-corrected chi connectivity index (χ0v) is 21.0. The lowest BCUT2D eigenvalue weighted by molar-refractivity contribution is -0.0531. The lowest BCUT2D eigenvalue weighted by Crippen LogP contribution is -2.47. The molecule has 2 aliphatic rings. The number of nitrogens with zero attached hydrogens (tertiary/aromatic N) is 1. The molecule has 1 fully saturated rings. The molecule has 0 saturated carbocycles. The molecule has 0 aromatic heterocycles. The van der Waals surface area contributed by atoms with Crippen molar-refractivity contribution in [2.45, 2.75) is 68.1 Å². The Balaban J connectivity index is 0.00000193. The number of hydrogen-bond donors (Lipinski definition) is 1. The molecule has 0 aliphatic carbocycles. The van der Waals surface area contributed by atoms with Gasteiger partial charge in [0.05, 0.1) is 16.8 Å². The molecule has 33 heavy (non-hydrogen) atoms. The lowest BCUT2D eigenvalue weighted by atomic mass is 9.93. The van der Waals surface area contributed by atoms with Gasteiger partial charge in [0.25, 0.3) is 0 Å². The number of sulfone groups is 1. The van der Waals surface area contributed by atoms with Gasteiger partial charge in [-0.15, -0.1) is 24.8 Å². The fraction of sp³-hybridized carbons (Fsp3) is 0.478. The van der Waals surface area contributed by atoms with Crippen molar-refractivity contribution in [2.24, 2.45) is 5.73 Å². The van der Waals surface area contributed by atoms with Gasteiger partial charge >= 0.3 is 0 Å². The van der Waals surface area contributed by atoms with Crippen LogP contribution in [0.4, 0.5) is 8.78 Å². The Labute approximate surface area is 206 Å². The number of rotatable bonds is 5. The average Bonchev–Trinajstić information content (AvgIpc) is 3.18. The highest BCUT2D eigenvalue weighted by Gasteiger charge is 2.36. The number of fused-ring (bicyclic) bond motifs is 1. The predicted octanol–water partition coefficient (Wildman–Crippen LogP) is 4.55. The van der Waals surface area contributed by atoms with Gasteiger partial charge in [-0.25, -0.2) is 17.2 Å². The van der Waals surface area contributed by atoms with Crippen LogP contribution < -0.4 is 5.73 Å². The minimum atomic E-state index is -3.34. The average molecular weight is 523 g/mol. The van der Waals surface area contributed by atoms with E-state index in [2.05, 4.69) is 4.90 Å². The van der Waals surface area contributed by atoms with E-state index >= 15 is 0 Å². The lowest BCUT2D eigenvalue weighted by Gasteiger charge is -2.38. The zero-order chi connectivity index (χ0) is 22.3. The first-order valence-corrected chi connectivity index (χ1v) is 12.2. The summed E-state index contributed by atoms with van der Waals surface area (Å²) < 4.78 is 59.0. The first-order valence-electron chi connectivity index (χ1n) is 10.6. The third kappa shape index (κ3) is 5.52. The van der Waals surface area contributed by atoms with E-state index < -0.39 is 38.9 Å². The van der Waals surface area contributed by atoms with Crippen molar-refractivity contribution in [3.63, 3.8) is 0 Å². The number of ether oxygens (including phenoxy) is 1. The molecule has 184 valence electrons. The van der Waals surface area contributed by atoms with Crippen molar-refractivity contribution in [2.75, 3.05) is 6.61 Å². The largest absolute Gasteiger partial charge is 0.370 e. The fourth-order valence-electron chi connectivity index (χ4n) is 4.44. The molecule has 10 heteroatoms. The Hall–Kier alpha value is -1.29. The standard InChI is InChI=1S/C23H28F2N2O3S.2ClH/c1-3-14(2)31(28,29)19-6-4-15-11-27(12-16(15)8-19)18-10-22(26)23(30-13-18)20-9-17(24)5-7-21(20)25;;/h4-9,14,18,22-23H,3,10-13,26H2,1-2H3;2*1H/t14?,18-,22+,23-;;/m1../s1. The van der Waals surface area contributed by atoms with Crippen LogP contribution in [-0.4, -0.2) is 37.3 Å². The first kappa shape index (κ1) is 28.0. The van der Waals surface area contributed by atoms with Crippen molar-refractivity contribution in [3.8, 4) is 0 Å². The van der Waals surface area contributed by atoms with Crippen LogP contribution >= 0.6 is 24.8 Å². The van der Waals surface area contributed by atoms with Gasteiger partial charge in [0.15, 0.2) is 9.84 Å². The second kappa shape index (κ2) is 11.0. The summed E-state index contributed by atoms with van der Waals surface area (Å²) in [6.45, 7) is 5.23. The highest BCUT2D eigenvalue weighted by atomic mass is 35.5. The maximum absolute atomic E-state index is 14.2. The Morgan fingerprint density at radius 1 is 1.12 bits per heavy atom. The molecule has 0 spiro atoms. The Morgan fingerprint density at radius 2 is 1.82 bits per heavy atom. The summed E-state index contributed by atoms with van der Waals surface area (Å²) in [5, 5.41) is -0.423. The van der Waals surface area contributed by atoms with Crippen LogP contribution in [0, 0.1) is 11.6 Å². The summed E-state index contributed by atoms with van der Waals surface area (Å²) in [6.07, 6.45) is 0.451. The molecular formula is C23H30Cl2F2N2O3S. The fourth-order valence-corrected chi connectivity index (χ4v) is 5.90. The van der Waals surface area contributed by atoms with Gasteiger partial charge in [-0.2, -0.15) is 0 Å². The van der Waals surface area contributed by atoms with Crippen molar-refractivity contribution >= 4 is 34.7 Å². The molecule has 2 aliphatic heterocycles. The molecule has 1 saturated heterocycles. The number of benzene rings is 2. The van der Waals surface area contributed by atoms with Crippen LogP contribution in [0.1, 0.15) is 49.5 Å². The summed E-state index contributed by atoms with van der Waals surface area (Å²) in [7, 11) is -3.34.